The minimum atomic E-state index is 0. The van der Waals surface area contributed by atoms with Gasteiger partial charge in [-0.15, -0.1) is 24.0 Å². The Morgan fingerprint density at radius 2 is 2.10 bits per heavy atom. The van der Waals surface area contributed by atoms with Crippen LogP contribution < -0.4 is 10.6 Å². The molecule has 0 radical (unpaired) electrons. The molecule has 1 aromatic carbocycles. The molecule has 2 unspecified atom stereocenters. The molecular weight excluding hydrogens is 481 g/mol. The maximum atomic E-state index is 5.82. The lowest BCUT2D eigenvalue weighted by Crippen LogP contribution is -2.40. The first-order chi connectivity index (χ1) is 13.8. The second kappa shape index (κ2) is 13.6. The average Bonchev–Trinajstić information content (AvgIpc) is 3.42. The number of ether oxygens (including phenoxy) is 2. The van der Waals surface area contributed by atoms with Crippen LogP contribution in [0.4, 0.5) is 0 Å². The number of hydrogen-bond donors (Lipinski definition) is 2. The third kappa shape index (κ3) is 8.76. The third-order valence-corrected chi connectivity index (χ3v) is 4.71. The van der Waals surface area contributed by atoms with Crippen molar-refractivity contribution in [1.82, 2.24) is 10.6 Å². The highest BCUT2D eigenvalue weighted by Gasteiger charge is 2.15. The molecule has 1 aromatic heterocycles. The Morgan fingerprint density at radius 1 is 1.24 bits per heavy atom. The van der Waals surface area contributed by atoms with Gasteiger partial charge >= 0.3 is 0 Å². The number of nitrogens with zero attached hydrogens (tertiary/aromatic N) is 1. The largest absolute Gasteiger partial charge is 0.469 e. The van der Waals surface area contributed by atoms with Crippen molar-refractivity contribution in [2.75, 3.05) is 32.9 Å². The number of rotatable bonds is 10. The molecule has 0 amide bonds. The Balaban J connectivity index is 0.00000300. The molecule has 0 saturated carbocycles. The molecule has 160 valence electrons. The number of furan rings is 1. The maximum absolute atomic E-state index is 5.82. The Kier molecular flexibility index (Phi) is 11.1. The smallest absolute Gasteiger partial charge is 0.191 e. The van der Waals surface area contributed by atoms with Gasteiger partial charge in [0, 0.05) is 32.7 Å². The zero-order valence-corrected chi connectivity index (χ0v) is 19.3. The predicted molar refractivity (Wildman–Crippen MR) is 126 cm³/mol. The number of aliphatic imine (C=N–C) groups is 1. The molecule has 7 heteroatoms. The monoisotopic (exact) mass is 513 g/mol. The van der Waals surface area contributed by atoms with Crippen molar-refractivity contribution in [3.05, 3.63) is 60.1 Å². The van der Waals surface area contributed by atoms with Crippen LogP contribution in [0, 0.1) is 0 Å². The second-order valence-electron chi connectivity index (χ2n) is 6.97. The van der Waals surface area contributed by atoms with Crippen LogP contribution in [-0.2, 0) is 15.9 Å². The number of halogens is 1. The quantitative estimate of drug-likeness (QED) is 0.218. The van der Waals surface area contributed by atoms with Crippen LogP contribution in [0.25, 0.3) is 0 Å². The molecule has 2 heterocycles. The first-order valence-corrected chi connectivity index (χ1v) is 10.1. The van der Waals surface area contributed by atoms with Gasteiger partial charge in [0.25, 0.3) is 0 Å². The second-order valence-corrected chi connectivity index (χ2v) is 6.97. The van der Waals surface area contributed by atoms with E-state index in [0.29, 0.717) is 13.2 Å². The molecule has 2 N–H and O–H groups in total. The summed E-state index contributed by atoms with van der Waals surface area (Å²) in [4.78, 5) is 4.72. The van der Waals surface area contributed by atoms with Crippen LogP contribution >= 0.6 is 24.0 Å². The summed E-state index contributed by atoms with van der Waals surface area (Å²) in [6.45, 7) is 5.86. The number of nitrogens with one attached hydrogen (secondary N) is 2. The molecule has 1 aliphatic heterocycles. The SMILES string of the molecule is CC(NC(=NCCCOC1CCOC1)NCCc1ccco1)c1ccccc1.I. The molecule has 3 rings (SSSR count). The standard InChI is InChI=1S/C22H31N3O3.HI/c1-18(19-7-3-2-4-8-19)25-22(24-13-10-20-9-5-14-27-20)23-12-6-15-28-21-11-16-26-17-21;/h2-5,7-9,14,18,21H,6,10-13,15-17H2,1H3,(H2,23,24,25);1H. The van der Waals surface area contributed by atoms with E-state index in [0.717, 1.165) is 50.7 Å². The summed E-state index contributed by atoms with van der Waals surface area (Å²) < 4.78 is 16.6. The van der Waals surface area contributed by atoms with Gasteiger partial charge in [-0.05, 0) is 37.5 Å². The van der Waals surface area contributed by atoms with Gasteiger partial charge in [0.15, 0.2) is 5.96 Å². The van der Waals surface area contributed by atoms with E-state index in [2.05, 4.69) is 41.8 Å². The van der Waals surface area contributed by atoms with Crippen molar-refractivity contribution in [1.29, 1.82) is 0 Å². The van der Waals surface area contributed by atoms with E-state index < -0.39 is 0 Å². The van der Waals surface area contributed by atoms with Gasteiger partial charge < -0.3 is 24.5 Å². The molecule has 2 atom stereocenters. The molecule has 1 fully saturated rings. The van der Waals surface area contributed by atoms with Crippen LogP contribution in [0.15, 0.2) is 58.1 Å². The maximum Gasteiger partial charge on any atom is 0.191 e. The average molecular weight is 513 g/mol. The molecule has 2 aromatic rings. The van der Waals surface area contributed by atoms with Gasteiger partial charge in [0.2, 0.25) is 0 Å². The van der Waals surface area contributed by atoms with E-state index in [1.54, 1.807) is 6.26 Å². The number of benzene rings is 1. The zero-order valence-electron chi connectivity index (χ0n) is 17.0. The Morgan fingerprint density at radius 3 is 2.83 bits per heavy atom. The molecule has 6 nitrogen and oxygen atoms in total. The molecule has 0 spiro atoms. The topological polar surface area (TPSA) is 68.0 Å². The summed E-state index contributed by atoms with van der Waals surface area (Å²) in [6.07, 6.45) is 4.67. The van der Waals surface area contributed by atoms with Crippen LogP contribution in [0.5, 0.6) is 0 Å². The highest BCUT2D eigenvalue weighted by Crippen LogP contribution is 2.11. The fraction of sp³-hybridized carbons (Fsp3) is 0.500. The lowest BCUT2D eigenvalue weighted by molar-refractivity contribution is 0.0424. The minimum Gasteiger partial charge on any atom is -0.469 e. The summed E-state index contributed by atoms with van der Waals surface area (Å²) >= 11 is 0. The van der Waals surface area contributed by atoms with Gasteiger partial charge in [-0.3, -0.25) is 4.99 Å². The van der Waals surface area contributed by atoms with Crippen molar-refractivity contribution in [3.8, 4) is 0 Å². The van der Waals surface area contributed by atoms with Crippen LogP contribution in [0.1, 0.15) is 37.1 Å². The summed E-state index contributed by atoms with van der Waals surface area (Å²) in [5, 5.41) is 6.90. The molecule has 1 saturated heterocycles. The van der Waals surface area contributed by atoms with Gasteiger partial charge in [0.1, 0.15) is 5.76 Å². The molecule has 0 aliphatic carbocycles. The fourth-order valence-electron chi connectivity index (χ4n) is 3.09. The molecule has 29 heavy (non-hydrogen) atoms. The van der Waals surface area contributed by atoms with Crippen LogP contribution in [0.3, 0.4) is 0 Å². The van der Waals surface area contributed by atoms with Gasteiger partial charge in [-0.2, -0.15) is 0 Å². The number of hydrogen-bond acceptors (Lipinski definition) is 4. The van der Waals surface area contributed by atoms with Crippen molar-refractivity contribution in [2.45, 2.75) is 38.3 Å². The molecular formula is C22H32IN3O3. The highest BCUT2D eigenvalue weighted by molar-refractivity contribution is 14.0. The van der Waals surface area contributed by atoms with E-state index in [9.17, 15) is 0 Å². The summed E-state index contributed by atoms with van der Waals surface area (Å²) in [5.41, 5.74) is 1.23. The van der Waals surface area contributed by atoms with Gasteiger partial charge in [-0.25, -0.2) is 0 Å². The van der Waals surface area contributed by atoms with E-state index in [4.69, 9.17) is 18.9 Å². The molecule has 0 bridgehead atoms. The first-order valence-electron chi connectivity index (χ1n) is 10.1. The van der Waals surface area contributed by atoms with Gasteiger partial charge in [0.05, 0.1) is 25.0 Å². The van der Waals surface area contributed by atoms with Gasteiger partial charge in [-0.1, -0.05) is 30.3 Å². The van der Waals surface area contributed by atoms with Crippen molar-refractivity contribution < 1.29 is 13.9 Å². The lowest BCUT2D eigenvalue weighted by Gasteiger charge is -2.19. The van der Waals surface area contributed by atoms with E-state index >= 15 is 0 Å². The Labute approximate surface area is 190 Å². The third-order valence-electron chi connectivity index (χ3n) is 4.71. The zero-order chi connectivity index (χ0) is 19.4. The fourth-order valence-corrected chi connectivity index (χ4v) is 3.09. The Hall–Kier alpha value is -1.58. The highest BCUT2D eigenvalue weighted by atomic mass is 127. The lowest BCUT2D eigenvalue weighted by atomic mass is 10.1. The normalized spacial score (nSPS) is 17.6. The van der Waals surface area contributed by atoms with Crippen molar-refractivity contribution in [3.63, 3.8) is 0 Å². The number of guanidine groups is 1. The van der Waals surface area contributed by atoms with Crippen LogP contribution in [-0.4, -0.2) is 45.0 Å². The van der Waals surface area contributed by atoms with Crippen molar-refractivity contribution in [2.24, 2.45) is 4.99 Å². The first kappa shape index (κ1) is 23.7. The predicted octanol–water partition coefficient (Wildman–Crippen LogP) is 3.93. The minimum absolute atomic E-state index is 0. The molecule has 1 aliphatic rings. The summed E-state index contributed by atoms with van der Waals surface area (Å²) in [7, 11) is 0. The van der Waals surface area contributed by atoms with E-state index in [1.165, 1.54) is 5.56 Å². The summed E-state index contributed by atoms with van der Waals surface area (Å²) in [5.74, 6) is 1.78. The Bertz CT molecular complexity index is 689. The van der Waals surface area contributed by atoms with Crippen molar-refractivity contribution >= 4 is 29.9 Å². The summed E-state index contributed by atoms with van der Waals surface area (Å²) in [6, 6.07) is 14.5. The van der Waals surface area contributed by atoms with E-state index in [-0.39, 0.29) is 36.1 Å². The van der Waals surface area contributed by atoms with E-state index in [1.807, 2.05) is 18.2 Å². The van der Waals surface area contributed by atoms with Crippen LogP contribution in [0.2, 0.25) is 0 Å².